The number of hydrogen-bond donors (Lipinski definition) is 1. The van der Waals surface area contributed by atoms with Crippen molar-refractivity contribution in [3.05, 3.63) is 83.1 Å². The maximum absolute atomic E-state index is 13.0. The van der Waals surface area contributed by atoms with Gasteiger partial charge >= 0.3 is 0 Å². The van der Waals surface area contributed by atoms with Gasteiger partial charge in [0.05, 0.1) is 6.20 Å². The second-order valence-electron chi connectivity index (χ2n) is 7.80. The molecule has 34 heavy (non-hydrogen) atoms. The zero-order chi connectivity index (χ0) is 23.7. The highest BCUT2D eigenvalue weighted by Gasteiger charge is 2.22. The first-order valence-electron chi connectivity index (χ1n) is 10.7. The van der Waals surface area contributed by atoms with Crippen molar-refractivity contribution in [2.24, 2.45) is 0 Å². The summed E-state index contributed by atoms with van der Waals surface area (Å²) < 4.78 is 8.93. The molecule has 0 radical (unpaired) electrons. The molecule has 0 aliphatic rings. The number of nitrogens with zero attached hydrogens (tertiary/aromatic N) is 6. The predicted octanol–water partition coefficient (Wildman–Crippen LogP) is 3.16. The highest BCUT2D eigenvalue weighted by molar-refractivity contribution is 5.99. The minimum absolute atomic E-state index is 0.00119. The van der Waals surface area contributed by atoms with Crippen LogP contribution in [0.25, 0.3) is 28.5 Å². The Morgan fingerprint density at radius 1 is 1.12 bits per heavy atom. The fraction of sp³-hybridized carbons (Fsp3) is 0.167. The molecule has 0 fully saturated rings. The number of pyridine rings is 2. The lowest BCUT2D eigenvalue weighted by Gasteiger charge is -2.11. The Labute approximate surface area is 193 Å². The summed E-state index contributed by atoms with van der Waals surface area (Å²) in [6.07, 6.45) is 8.91. The molecule has 0 unspecified atom stereocenters. The van der Waals surface area contributed by atoms with Gasteiger partial charge in [0.2, 0.25) is 11.4 Å². The van der Waals surface area contributed by atoms with Gasteiger partial charge in [-0.3, -0.25) is 9.59 Å². The molecule has 5 heterocycles. The van der Waals surface area contributed by atoms with Crippen LogP contribution in [0.2, 0.25) is 0 Å². The third kappa shape index (κ3) is 3.96. The summed E-state index contributed by atoms with van der Waals surface area (Å²) in [4.78, 5) is 42.5. The summed E-state index contributed by atoms with van der Waals surface area (Å²) in [5, 5.41) is 0. The minimum Gasteiger partial charge on any atom is -0.443 e. The number of Topliss-reactive ketones (excluding diaryl/α,β-unsaturated/α-hetero) is 1. The van der Waals surface area contributed by atoms with E-state index in [9.17, 15) is 9.59 Å². The number of carbonyl (C=O) groups excluding carboxylic acids is 1. The average molecular weight is 455 g/mol. The lowest BCUT2D eigenvalue weighted by atomic mass is 10.1. The van der Waals surface area contributed by atoms with Crippen molar-refractivity contribution in [3.8, 4) is 22.8 Å². The molecule has 0 saturated heterocycles. The molecule has 2 N–H and O–H groups in total. The van der Waals surface area contributed by atoms with Gasteiger partial charge in [0.25, 0.3) is 0 Å². The largest absolute Gasteiger partial charge is 0.443 e. The van der Waals surface area contributed by atoms with Crippen LogP contribution in [0.1, 0.15) is 29.0 Å². The molecule has 0 amide bonds. The van der Waals surface area contributed by atoms with Crippen LogP contribution in [0.5, 0.6) is 0 Å². The summed E-state index contributed by atoms with van der Waals surface area (Å²) >= 11 is 0. The smallest absolute Gasteiger partial charge is 0.250 e. The first-order valence-corrected chi connectivity index (χ1v) is 10.7. The normalized spacial score (nSPS) is 11.2. The van der Waals surface area contributed by atoms with Crippen molar-refractivity contribution < 1.29 is 9.21 Å². The van der Waals surface area contributed by atoms with Crippen LogP contribution in [0.3, 0.4) is 0 Å². The van der Waals surface area contributed by atoms with E-state index in [-0.39, 0.29) is 35.2 Å². The van der Waals surface area contributed by atoms with E-state index >= 15 is 0 Å². The van der Waals surface area contributed by atoms with Gasteiger partial charge in [-0.25, -0.2) is 19.9 Å². The maximum Gasteiger partial charge on any atom is 0.250 e. The van der Waals surface area contributed by atoms with E-state index in [1.165, 1.54) is 18.5 Å². The third-order valence-corrected chi connectivity index (χ3v) is 5.49. The van der Waals surface area contributed by atoms with Gasteiger partial charge in [0.15, 0.2) is 17.3 Å². The number of nitrogens with two attached hydrogens (primary N) is 1. The SMILES string of the molecule is Cc1cnc2ccc(-c3nc(C(=O)CCCn4ccccc4=O)c(N)nc3-c3ncco3)cn12. The average Bonchev–Trinajstić information content (AvgIpc) is 3.50. The van der Waals surface area contributed by atoms with Gasteiger partial charge in [-0.15, -0.1) is 0 Å². The van der Waals surface area contributed by atoms with Crippen LogP contribution in [0.4, 0.5) is 5.82 Å². The van der Waals surface area contributed by atoms with Crippen LogP contribution >= 0.6 is 0 Å². The van der Waals surface area contributed by atoms with Gasteiger partial charge in [-0.2, -0.15) is 0 Å². The number of oxazole rings is 1. The minimum atomic E-state index is -0.255. The number of aryl methyl sites for hydroxylation is 2. The molecule has 10 nitrogen and oxygen atoms in total. The number of aromatic nitrogens is 6. The second kappa shape index (κ2) is 8.74. The topological polar surface area (TPSA) is 134 Å². The predicted molar refractivity (Wildman–Crippen MR) is 125 cm³/mol. The molecule has 0 atom stereocenters. The summed E-state index contributed by atoms with van der Waals surface area (Å²) in [7, 11) is 0. The first-order chi connectivity index (χ1) is 16.5. The Bertz CT molecular complexity index is 1550. The van der Waals surface area contributed by atoms with E-state index in [0.29, 0.717) is 29.9 Å². The summed E-state index contributed by atoms with van der Waals surface area (Å²) in [6.45, 7) is 2.36. The zero-order valence-corrected chi connectivity index (χ0v) is 18.4. The van der Waals surface area contributed by atoms with Crippen LogP contribution in [-0.4, -0.2) is 34.7 Å². The number of carbonyl (C=O) groups is 1. The standard InChI is InChI=1S/C24H21N7O3/c1-15-13-27-18-8-7-16(14-31(15)18)20-22(24-26-9-12-34-24)29-23(25)21(28-20)17(32)5-4-11-30-10-3-2-6-19(30)33/h2-3,6-10,12-14H,4-5,11H2,1H3,(H2,25,29). The summed E-state index contributed by atoms with van der Waals surface area (Å²) in [5.41, 5.74) is 9.32. The lowest BCUT2D eigenvalue weighted by molar-refractivity contribution is 0.0974. The molecule has 5 aromatic heterocycles. The molecular formula is C24H21N7O3. The van der Waals surface area contributed by atoms with E-state index in [1.807, 2.05) is 29.7 Å². The Hall–Kier alpha value is -4.60. The molecule has 10 heteroatoms. The fourth-order valence-electron chi connectivity index (χ4n) is 3.76. The Kier molecular flexibility index (Phi) is 5.46. The van der Waals surface area contributed by atoms with Crippen LogP contribution in [-0.2, 0) is 6.54 Å². The third-order valence-electron chi connectivity index (χ3n) is 5.49. The fourth-order valence-corrected chi connectivity index (χ4v) is 3.76. The molecule has 0 bridgehead atoms. The Balaban J connectivity index is 1.51. The highest BCUT2D eigenvalue weighted by Crippen LogP contribution is 2.30. The molecule has 5 rings (SSSR count). The summed E-state index contributed by atoms with van der Waals surface area (Å²) in [6, 6.07) is 8.65. The summed E-state index contributed by atoms with van der Waals surface area (Å²) in [5.74, 6) is -0.00751. The molecule has 0 aromatic carbocycles. The van der Waals surface area contributed by atoms with E-state index in [0.717, 1.165) is 11.3 Å². The van der Waals surface area contributed by atoms with Crippen LogP contribution in [0, 0.1) is 6.92 Å². The van der Waals surface area contributed by atoms with Crippen molar-refractivity contribution >= 4 is 17.2 Å². The quantitative estimate of drug-likeness (QED) is 0.370. The number of nitrogen functional groups attached to an aromatic ring is 1. The van der Waals surface area contributed by atoms with Gasteiger partial charge in [-0.1, -0.05) is 6.07 Å². The van der Waals surface area contributed by atoms with Gasteiger partial charge < -0.3 is 19.1 Å². The first kappa shape index (κ1) is 21.3. The lowest BCUT2D eigenvalue weighted by Crippen LogP contribution is -2.18. The Morgan fingerprint density at radius 3 is 2.79 bits per heavy atom. The van der Waals surface area contributed by atoms with Crippen molar-refractivity contribution in [2.45, 2.75) is 26.3 Å². The van der Waals surface area contributed by atoms with Crippen LogP contribution in [0.15, 0.2) is 70.6 Å². The number of hydrogen-bond acceptors (Lipinski definition) is 8. The van der Waals surface area contributed by atoms with Gasteiger partial charge in [-0.05, 0) is 31.5 Å². The molecule has 0 saturated carbocycles. The molecule has 0 spiro atoms. The van der Waals surface area contributed by atoms with Crippen molar-refractivity contribution in [1.29, 1.82) is 0 Å². The molecule has 0 aliphatic carbocycles. The van der Waals surface area contributed by atoms with E-state index < -0.39 is 0 Å². The molecule has 5 aromatic rings. The highest BCUT2D eigenvalue weighted by atomic mass is 16.3. The van der Waals surface area contributed by atoms with Gasteiger partial charge in [0.1, 0.15) is 23.3 Å². The molecule has 0 aliphatic heterocycles. The van der Waals surface area contributed by atoms with Crippen molar-refractivity contribution in [3.63, 3.8) is 0 Å². The van der Waals surface area contributed by atoms with Gasteiger partial charge in [0, 0.05) is 48.9 Å². The van der Waals surface area contributed by atoms with Crippen molar-refractivity contribution in [1.82, 2.24) is 28.9 Å². The number of ketones is 1. The van der Waals surface area contributed by atoms with E-state index in [4.69, 9.17) is 10.2 Å². The number of imidazole rings is 1. The number of rotatable bonds is 7. The number of anilines is 1. The number of fused-ring (bicyclic) bond motifs is 1. The van der Waals surface area contributed by atoms with Crippen molar-refractivity contribution in [2.75, 3.05) is 5.73 Å². The molecular weight excluding hydrogens is 434 g/mol. The van der Waals surface area contributed by atoms with E-state index in [2.05, 4.69) is 19.9 Å². The van der Waals surface area contributed by atoms with Crippen LogP contribution < -0.4 is 11.3 Å². The second-order valence-corrected chi connectivity index (χ2v) is 7.80. The zero-order valence-electron chi connectivity index (χ0n) is 18.4. The van der Waals surface area contributed by atoms with E-state index in [1.54, 1.807) is 29.1 Å². The Morgan fingerprint density at radius 2 is 2.00 bits per heavy atom. The maximum atomic E-state index is 13.0. The molecule has 170 valence electrons. The monoisotopic (exact) mass is 455 g/mol.